The molecule has 0 unspecified atom stereocenters. The number of hydrogen-bond acceptors (Lipinski definition) is 3. The van der Waals surface area contributed by atoms with Crippen molar-refractivity contribution in [1.29, 1.82) is 0 Å². The highest BCUT2D eigenvalue weighted by Crippen LogP contribution is 2.25. The van der Waals surface area contributed by atoms with Gasteiger partial charge in [-0.1, -0.05) is 29.8 Å². The minimum absolute atomic E-state index is 0.0514. The van der Waals surface area contributed by atoms with Gasteiger partial charge in [-0.05, 0) is 50.6 Å². The Hall–Kier alpha value is -2.20. The predicted octanol–water partition coefficient (Wildman–Crippen LogP) is 4.88. The fraction of sp³-hybridized carbons (Fsp3) is 0.316. The summed E-state index contributed by atoms with van der Waals surface area (Å²) in [7, 11) is 0. The van der Waals surface area contributed by atoms with Crippen molar-refractivity contribution < 1.29 is 9.53 Å². The van der Waals surface area contributed by atoms with Gasteiger partial charge >= 0.3 is 0 Å². The molecule has 0 fully saturated rings. The van der Waals surface area contributed by atoms with Crippen molar-refractivity contribution in [3.05, 3.63) is 53.1 Å². The molecule has 128 valence electrons. The van der Waals surface area contributed by atoms with E-state index in [4.69, 9.17) is 16.3 Å². The summed E-state index contributed by atoms with van der Waals surface area (Å²) in [6, 6.07) is 13.1. The number of aryl methyl sites for hydroxylation is 1. The Bertz CT molecular complexity index is 702. The van der Waals surface area contributed by atoms with Crippen LogP contribution < -0.4 is 15.4 Å². The molecule has 2 N–H and O–H groups in total. The van der Waals surface area contributed by atoms with E-state index in [1.165, 1.54) is 0 Å². The Morgan fingerprint density at radius 2 is 1.92 bits per heavy atom. The second kappa shape index (κ2) is 8.60. The summed E-state index contributed by atoms with van der Waals surface area (Å²) in [5.41, 5.74) is 2.73. The van der Waals surface area contributed by atoms with E-state index in [0.717, 1.165) is 11.3 Å². The first kappa shape index (κ1) is 18.1. The van der Waals surface area contributed by atoms with Gasteiger partial charge in [-0.25, -0.2) is 0 Å². The number of carbonyl (C=O) groups is 1. The number of halogens is 1. The minimum Gasteiger partial charge on any atom is -0.489 e. The third-order valence-electron chi connectivity index (χ3n) is 3.39. The van der Waals surface area contributed by atoms with E-state index in [1.807, 2.05) is 63.2 Å². The standard InChI is InChI=1S/C19H23ClN2O2/c1-13(2)24-18-7-5-4-6-16(18)22-19(23)10-11-21-17-12-15(20)9-8-14(17)3/h4-9,12-13,21H,10-11H2,1-3H3,(H,22,23). The molecule has 0 saturated heterocycles. The van der Waals surface area contributed by atoms with Crippen LogP contribution in [0, 0.1) is 6.92 Å². The molecule has 5 heteroatoms. The molecule has 0 spiro atoms. The second-order valence-electron chi connectivity index (χ2n) is 5.85. The molecule has 2 aromatic carbocycles. The number of nitrogens with one attached hydrogen (secondary N) is 2. The molecule has 2 rings (SSSR count). The molecule has 0 atom stereocenters. The predicted molar refractivity (Wildman–Crippen MR) is 100 cm³/mol. The normalized spacial score (nSPS) is 10.5. The zero-order valence-electron chi connectivity index (χ0n) is 14.2. The van der Waals surface area contributed by atoms with E-state index in [9.17, 15) is 4.79 Å². The fourth-order valence-electron chi connectivity index (χ4n) is 2.23. The van der Waals surface area contributed by atoms with Crippen LogP contribution in [0.2, 0.25) is 5.02 Å². The van der Waals surface area contributed by atoms with Crippen LogP contribution in [0.1, 0.15) is 25.8 Å². The summed E-state index contributed by atoms with van der Waals surface area (Å²) < 4.78 is 5.70. The Labute approximate surface area is 148 Å². The largest absolute Gasteiger partial charge is 0.489 e. The van der Waals surface area contributed by atoms with Gasteiger partial charge in [0.1, 0.15) is 5.75 Å². The first-order valence-electron chi connectivity index (χ1n) is 8.01. The minimum atomic E-state index is -0.0676. The molecule has 0 aliphatic heterocycles. The monoisotopic (exact) mass is 346 g/mol. The van der Waals surface area contributed by atoms with Gasteiger partial charge in [0, 0.05) is 23.7 Å². The highest BCUT2D eigenvalue weighted by molar-refractivity contribution is 6.30. The van der Waals surface area contributed by atoms with Gasteiger partial charge in [0.05, 0.1) is 11.8 Å². The number of hydrogen-bond donors (Lipinski definition) is 2. The molecule has 0 aliphatic rings. The smallest absolute Gasteiger partial charge is 0.226 e. The van der Waals surface area contributed by atoms with Crippen LogP contribution in [0.4, 0.5) is 11.4 Å². The van der Waals surface area contributed by atoms with Crippen LogP contribution in [-0.4, -0.2) is 18.6 Å². The van der Waals surface area contributed by atoms with E-state index in [0.29, 0.717) is 29.4 Å². The SMILES string of the molecule is Cc1ccc(Cl)cc1NCCC(=O)Nc1ccccc1OC(C)C. The van der Waals surface area contributed by atoms with Gasteiger partial charge in [-0.2, -0.15) is 0 Å². The van der Waals surface area contributed by atoms with Crippen molar-refractivity contribution in [3.63, 3.8) is 0 Å². The highest BCUT2D eigenvalue weighted by atomic mass is 35.5. The number of amides is 1. The first-order chi connectivity index (χ1) is 11.5. The average Bonchev–Trinajstić information content (AvgIpc) is 2.52. The average molecular weight is 347 g/mol. The van der Waals surface area contributed by atoms with Crippen LogP contribution in [0.25, 0.3) is 0 Å². The first-order valence-corrected chi connectivity index (χ1v) is 8.39. The molecule has 4 nitrogen and oxygen atoms in total. The number of anilines is 2. The van der Waals surface area contributed by atoms with Gasteiger partial charge < -0.3 is 15.4 Å². The quantitative estimate of drug-likeness (QED) is 0.751. The molecule has 2 aromatic rings. The molecule has 1 amide bonds. The van der Waals surface area contributed by atoms with Gasteiger partial charge in [0.25, 0.3) is 0 Å². The number of ether oxygens (including phenoxy) is 1. The number of benzene rings is 2. The van der Waals surface area contributed by atoms with Crippen molar-refractivity contribution in [2.45, 2.75) is 33.3 Å². The summed E-state index contributed by atoms with van der Waals surface area (Å²) in [4.78, 5) is 12.2. The van der Waals surface area contributed by atoms with E-state index < -0.39 is 0 Å². The summed E-state index contributed by atoms with van der Waals surface area (Å²) in [5, 5.41) is 6.81. The maximum atomic E-state index is 12.2. The van der Waals surface area contributed by atoms with E-state index in [2.05, 4.69) is 10.6 Å². The van der Waals surface area contributed by atoms with Gasteiger partial charge in [-0.15, -0.1) is 0 Å². The molecule has 0 radical (unpaired) electrons. The van der Waals surface area contributed by atoms with Gasteiger partial charge in [-0.3, -0.25) is 4.79 Å². The molecule has 0 heterocycles. The summed E-state index contributed by atoms with van der Waals surface area (Å²) in [6.45, 7) is 6.43. The van der Waals surface area contributed by atoms with Crippen molar-refractivity contribution in [1.82, 2.24) is 0 Å². The second-order valence-corrected chi connectivity index (χ2v) is 6.28. The van der Waals surface area contributed by atoms with E-state index in [1.54, 1.807) is 0 Å². The lowest BCUT2D eigenvalue weighted by Crippen LogP contribution is -2.17. The lowest BCUT2D eigenvalue weighted by atomic mass is 10.2. The lowest BCUT2D eigenvalue weighted by molar-refractivity contribution is -0.116. The number of rotatable bonds is 7. The zero-order chi connectivity index (χ0) is 17.5. The lowest BCUT2D eigenvalue weighted by Gasteiger charge is -2.15. The van der Waals surface area contributed by atoms with Crippen molar-refractivity contribution in [2.75, 3.05) is 17.2 Å². The molecular weight excluding hydrogens is 324 g/mol. The van der Waals surface area contributed by atoms with Gasteiger partial charge in [0.15, 0.2) is 0 Å². The Kier molecular flexibility index (Phi) is 6.50. The third kappa shape index (κ3) is 5.46. The van der Waals surface area contributed by atoms with Crippen LogP contribution in [0.15, 0.2) is 42.5 Å². The summed E-state index contributed by atoms with van der Waals surface area (Å²) in [5.74, 6) is 0.612. The summed E-state index contributed by atoms with van der Waals surface area (Å²) >= 11 is 5.99. The number of para-hydroxylation sites is 2. The number of carbonyl (C=O) groups excluding carboxylic acids is 1. The van der Waals surface area contributed by atoms with Crippen molar-refractivity contribution in [2.24, 2.45) is 0 Å². The van der Waals surface area contributed by atoms with E-state index in [-0.39, 0.29) is 12.0 Å². The molecular formula is C19H23ClN2O2. The molecule has 0 aliphatic carbocycles. The highest BCUT2D eigenvalue weighted by Gasteiger charge is 2.09. The van der Waals surface area contributed by atoms with Crippen LogP contribution >= 0.6 is 11.6 Å². The maximum absolute atomic E-state index is 12.2. The Morgan fingerprint density at radius 1 is 1.17 bits per heavy atom. The summed E-state index contributed by atoms with van der Waals surface area (Å²) in [6.07, 6.45) is 0.401. The maximum Gasteiger partial charge on any atom is 0.226 e. The van der Waals surface area contributed by atoms with Gasteiger partial charge in [0.2, 0.25) is 5.91 Å². The molecule has 0 saturated carbocycles. The van der Waals surface area contributed by atoms with E-state index >= 15 is 0 Å². The molecule has 0 bridgehead atoms. The topological polar surface area (TPSA) is 50.4 Å². The fourth-order valence-corrected chi connectivity index (χ4v) is 2.41. The molecule has 0 aromatic heterocycles. The Morgan fingerprint density at radius 3 is 2.67 bits per heavy atom. The molecule has 24 heavy (non-hydrogen) atoms. The third-order valence-corrected chi connectivity index (χ3v) is 3.63. The Balaban J connectivity index is 1.89. The van der Waals surface area contributed by atoms with Crippen LogP contribution in [0.3, 0.4) is 0 Å². The zero-order valence-corrected chi connectivity index (χ0v) is 15.0. The van der Waals surface area contributed by atoms with Crippen molar-refractivity contribution in [3.8, 4) is 5.75 Å². The van der Waals surface area contributed by atoms with Crippen LogP contribution in [0.5, 0.6) is 5.75 Å². The van der Waals surface area contributed by atoms with Crippen molar-refractivity contribution >= 4 is 28.9 Å². The van der Waals surface area contributed by atoms with Crippen LogP contribution in [-0.2, 0) is 4.79 Å².